The number of carbonyl (C=O) groups excluding carboxylic acids is 2. The van der Waals surface area contributed by atoms with Crippen molar-refractivity contribution in [3.8, 4) is 16.9 Å². The van der Waals surface area contributed by atoms with Crippen molar-refractivity contribution in [2.24, 2.45) is 0 Å². The number of hydrogen-bond donors (Lipinski definition) is 0. The first-order valence-corrected chi connectivity index (χ1v) is 12.1. The Morgan fingerprint density at radius 3 is 2.54 bits per heavy atom. The van der Waals surface area contributed by atoms with Crippen LogP contribution in [0.2, 0.25) is 5.02 Å². The summed E-state index contributed by atoms with van der Waals surface area (Å²) in [7, 11) is 3.42. The summed E-state index contributed by atoms with van der Waals surface area (Å²) < 4.78 is 12.9. The largest absolute Gasteiger partial charge is 0.487 e. The Kier molecular flexibility index (Phi) is 7.23. The fraction of sp³-hybridized carbons (Fsp3) is 0.286. The third-order valence-corrected chi connectivity index (χ3v) is 5.94. The van der Waals surface area contributed by atoms with Crippen molar-refractivity contribution in [1.82, 2.24) is 19.7 Å². The molecule has 2 aromatic heterocycles. The molecule has 2 heterocycles. The fourth-order valence-electron chi connectivity index (χ4n) is 3.78. The molecule has 9 heteroatoms. The van der Waals surface area contributed by atoms with Crippen LogP contribution in [0.1, 0.15) is 42.4 Å². The van der Waals surface area contributed by atoms with Gasteiger partial charge in [0.15, 0.2) is 5.65 Å². The molecule has 1 amide bonds. The molecule has 0 aliphatic rings. The molecule has 0 saturated heterocycles. The SMILES string of the molecule is Cc1cc(OCc2nn(C(=O)OC(C)(C)C)c3ncccc23)c(-c2cccc(C(=O)N(C)C)c2)cc1Cl. The zero-order chi connectivity index (χ0) is 26.9. The Morgan fingerprint density at radius 2 is 1.84 bits per heavy atom. The normalized spacial score (nSPS) is 11.4. The van der Waals surface area contributed by atoms with Crippen LogP contribution in [-0.4, -0.2) is 51.4 Å². The first kappa shape index (κ1) is 26.2. The van der Waals surface area contributed by atoms with Gasteiger partial charge >= 0.3 is 6.09 Å². The maximum absolute atomic E-state index is 12.8. The van der Waals surface area contributed by atoms with Crippen molar-refractivity contribution in [3.63, 3.8) is 0 Å². The van der Waals surface area contributed by atoms with Crippen LogP contribution in [0.5, 0.6) is 5.75 Å². The number of pyridine rings is 1. The molecule has 37 heavy (non-hydrogen) atoms. The van der Waals surface area contributed by atoms with Crippen LogP contribution in [0.3, 0.4) is 0 Å². The smallest absolute Gasteiger partial charge is 0.437 e. The lowest BCUT2D eigenvalue weighted by molar-refractivity contribution is 0.0520. The van der Waals surface area contributed by atoms with Gasteiger partial charge in [0.1, 0.15) is 23.7 Å². The van der Waals surface area contributed by atoms with E-state index in [4.69, 9.17) is 21.1 Å². The number of fused-ring (bicyclic) bond motifs is 1. The summed E-state index contributed by atoms with van der Waals surface area (Å²) in [5, 5.41) is 5.72. The van der Waals surface area contributed by atoms with Crippen LogP contribution in [0.15, 0.2) is 54.7 Å². The molecule has 8 nitrogen and oxygen atoms in total. The zero-order valence-corrected chi connectivity index (χ0v) is 22.5. The summed E-state index contributed by atoms with van der Waals surface area (Å²) in [4.78, 5) is 31.2. The van der Waals surface area contributed by atoms with Crippen molar-refractivity contribution >= 4 is 34.6 Å². The van der Waals surface area contributed by atoms with Crippen molar-refractivity contribution in [3.05, 3.63) is 76.6 Å². The first-order valence-electron chi connectivity index (χ1n) is 11.8. The molecule has 0 radical (unpaired) electrons. The van der Waals surface area contributed by atoms with Gasteiger partial charge in [0.2, 0.25) is 0 Å². The third kappa shape index (κ3) is 5.75. The van der Waals surface area contributed by atoms with Gasteiger partial charge in [0, 0.05) is 41.8 Å². The summed E-state index contributed by atoms with van der Waals surface area (Å²) >= 11 is 6.47. The highest BCUT2D eigenvalue weighted by Gasteiger charge is 2.23. The minimum atomic E-state index is -0.682. The quantitative estimate of drug-likeness (QED) is 0.315. The maximum Gasteiger partial charge on any atom is 0.437 e. The second kappa shape index (κ2) is 10.2. The minimum absolute atomic E-state index is 0.0718. The molecule has 0 fully saturated rings. The van der Waals surface area contributed by atoms with Gasteiger partial charge in [-0.25, -0.2) is 9.78 Å². The van der Waals surface area contributed by atoms with E-state index in [0.29, 0.717) is 33.1 Å². The first-order chi connectivity index (χ1) is 17.4. The van der Waals surface area contributed by atoms with Gasteiger partial charge in [0.05, 0.1) is 0 Å². The van der Waals surface area contributed by atoms with Crippen LogP contribution in [0, 0.1) is 6.92 Å². The van der Waals surface area contributed by atoms with Crippen molar-refractivity contribution < 1.29 is 19.1 Å². The second-order valence-electron chi connectivity index (χ2n) is 9.88. The molecular formula is C28H29ClN4O4. The van der Waals surface area contributed by atoms with Gasteiger partial charge in [-0.05, 0) is 75.2 Å². The number of hydrogen-bond acceptors (Lipinski definition) is 6. The summed E-state index contributed by atoms with van der Waals surface area (Å²) in [5.74, 6) is 0.467. The van der Waals surface area contributed by atoms with E-state index in [2.05, 4.69) is 10.1 Å². The number of carbonyl (C=O) groups is 2. The van der Waals surface area contributed by atoms with E-state index < -0.39 is 11.7 Å². The lowest BCUT2D eigenvalue weighted by Gasteiger charge is -2.18. The van der Waals surface area contributed by atoms with Crippen molar-refractivity contribution in [1.29, 1.82) is 0 Å². The lowest BCUT2D eigenvalue weighted by Crippen LogP contribution is -2.28. The van der Waals surface area contributed by atoms with Crippen LogP contribution in [0.25, 0.3) is 22.2 Å². The Morgan fingerprint density at radius 1 is 1.08 bits per heavy atom. The molecule has 4 aromatic rings. The van der Waals surface area contributed by atoms with Gasteiger partial charge in [-0.2, -0.15) is 5.10 Å². The van der Waals surface area contributed by atoms with E-state index in [0.717, 1.165) is 21.4 Å². The molecule has 0 aliphatic carbocycles. The fourth-order valence-corrected chi connectivity index (χ4v) is 3.94. The highest BCUT2D eigenvalue weighted by atomic mass is 35.5. The van der Waals surface area contributed by atoms with Gasteiger partial charge in [-0.15, -0.1) is 4.68 Å². The van der Waals surface area contributed by atoms with E-state index in [1.54, 1.807) is 53.2 Å². The number of rotatable bonds is 5. The molecule has 0 bridgehead atoms. The summed E-state index contributed by atoms with van der Waals surface area (Å²) in [6.07, 6.45) is 0.978. The highest BCUT2D eigenvalue weighted by molar-refractivity contribution is 6.31. The number of ether oxygens (including phenoxy) is 2. The van der Waals surface area contributed by atoms with E-state index >= 15 is 0 Å². The maximum atomic E-state index is 12.8. The van der Waals surface area contributed by atoms with Crippen molar-refractivity contribution in [2.75, 3.05) is 14.1 Å². The number of amides is 1. The van der Waals surface area contributed by atoms with Gasteiger partial charge in [-0.3, -0.25) is 4.79 Å². The Hall–Kier alpha value is -3.91. The molecule has 0 aliphatic heterocycles. The van der Waals surface area contributed by atoms with Gasteiger partial charge in [0.25, 0.3) is 5.91 Å². The van der Waals surface area contributed by atoms with Crippen molar-refractivity contribution in [2.45, 2.75) is 39.9 Å². The number of halogens is 1. The van der Waals surface area contributed by atoms with E-state index in [9.17, 15) is 9.59 Å². The monoisotopic (exact) mass is 520 g/mol. The van der Waals surface area contributed by atoms with Gasteiger partial charge in [-0.1, -0.05) is 23.7 Å². The van der Waals surface area contributed by atoms with E-state index in [1.807, 2.05) is 43.3 Å². The second-order valence-corrected chi connectivity index (χ2v) is 10.3. The van der Waals surface area contributed by atoms with Gasteiger partial charge < -0.3 is 14.4 Å². The summed E-state index contributed by atoms with van der Waals surface area (Å²) in [6, 6.07) is 14.6. The van der Waals surface area contributed by atoms with Crippen LogP contribution < -0.4 is 4.74 Å². The highest BCUT2D eigenvalue weighted by Crippen LogP contribution is 2.36. The third-order valence-electron chi connectivity index (χ3n) is 5.54. The van der Waals surface area contributed by atoms with E-state index in [-0.39, 0.29) is 12.5 Å². The summed E-state index contributed by atoms with van der Waals surface area (Å²) in [6.45, 7) is 7.34. The molecule has 0 atom stereocenters. The molecule has 192 valence electrons. The number of nitrogens with zero attached hydrogens (tertiary/aromatic N) is 4. The van der Waals surface area contributed by atoms with Crippen LogP contribution in [0.4, 0.5) is 4.79 Å². The Balaban J connectivity index is 1.70. The topological polar surface area (TPSA) is 86.5 Å². The zero-order valence-electron chi connectivity index (χ0n) is 21.7. The minimum Gasteiger partial charge on any atom is -0.487 e. The molecule has 0 saturated carbocycles. The number of aromatic nitrogens is 3. The van der Waals surface area contributed by atoms with Crippen LogP contribution in [-0.2, 0) is 11.3 Å². The lowest BCUT2D eigenvalue weighted by atomic mass is 10.00. The predicted octanol–water partition coefficient (Wildman–Crippen LogP) is 6.12. The molecule has 0 spiro atoms. The molecular weight excluding hydrogens is 492 g/mol. The standard InChI is InChI=1S/C28H29ClN4O4/c1-17-13-24(21(15-22(17)29)18-9-7-10-19(14-18)26(34)32(5)6)36-16-23-20-11-8-12-30-25(20)33(31-23)27(35)37-28(2,3)4/h7-15H,16H2,1-6H3. The molecule has 2 aromatic carbocycles. The number of aryl methyl sites for hydroxylation is 1. The average molecular weight is 521 g/mol. The number of benzene rings is 2. The Labute approximate surface area is 220 Å². The Bertz CT molecular complexity index is 1490. The summed E-state index contributed by atoms with van der Waals surface area (Å²) in [5.41, 5.74) is 3.15. The molecule has 0 unspecified atom stereocenters. The van der Waals surface area contributed by atoms with E-state index in [1.165, 1.54) is 4.90 Å². The average Bonchev–Trinajstić information content (AvgIpc) is 3.22. The molecule has 0 N–H and O–H groups in total. The van der Waals surface area contributed by atoms with Crippen LogP contribution >= 0.6 is 11.6 Å². The predicted molar refractivity (Wildman–Crippen MR) is 143 cm³/mol. The molecule has 4 rings (SSSR count).